The summed E-state index contributed by atoms with van der Waals surface area (Å²) < 4.78 is 34.7. The molecule has 11 nitrogen and oxygen atoms in total. The zero-order valence-corrected chi connectivity index (χ0v) is 21.0. The average molecular weight is 518 g/mol. The number of nitrogens with zero attached hydrogens (tertiary/aromatic N) is 4. The molecule has 0 spiro atoms. The third-order valence-electron chi connectivity index (χ3n) is 4.27. The highest BCUT2D eigenvalue weighted by Crippen LogP contribution is 2.49. The smallest absolute Gasteiger partial charge is 0.373 e. The molecule has 0 fully saturated rings. The number of hydrazone groups is 1. The van der Waals surface area contributed by atoms with Crippen molar-refractivity contribution in [1.82, 2.24) is 9.17 Å². The molecule has 3 rings (SSSR count). The fraction of sp³-hybridized carbons (Fsp3) is 0.227. The van der Waals surface area contributed by atoms with Crippen molar-refractivity contribution in [3.05, 3.63) is 71.0 Å². The molecule has 0 saturated carbocycles. The monoisotopic (exact) mass is 517 g/mol. The molecule has 1 heterocycles. The summed E-state index contributed by atoms with van der Waals surface area (Å²) >= 11 is 0.924. The minimum atomic E-state index is -4.33. The van der Waals surface area contributed by atoms with Crippen LogP contribution in [0.4, 0.5) is 5.69 Å². The summed E-state index contributed by atoms with van der Waals surface area (Å²) in [5.74, 6) is -1.75. The van der Waals surface area contributed by atoms with Gasteiger partial charge >= 0.3 is 19.5 Å². The molecule has 1 aromatic heterocycles. The van der Waals surface area contributed by atoms with E-state index in [9.17, 15) is 14.2 Å². The zero-order chi connectivity index (χ0) is 25.3. The molecule has 0 aliphatic carbocycles. The Morgan fingerprint density at radius 2 is 1.66 bits per heavy atom. The van der Waals surface area contributed by atoms with E-state index in [2.05, 4.69) is 20.4 Å². The standard InChI is InChI=1S/C22H24N5O6PS/c1-4-32-21(28)18-20(35-27(25-18)17-14-10-7-11-15-17)26-34(30,31-3)19(22(29)33-5-2)24-23-16-12-8-6-9-13-16/h6-15,23H,4-5H2,1-3H3. The second-order valence-electron chi connectivity index (χ2n) is 6.61. The molecule has 1 unspecified atom stereocenters. The molecule has 2 aromatic carbocycles. The van der Waals surface area contributed by atoms with E-state index in [1.54, 1.807) is 68.4 Å². The number of anilines is 1. The Balaban J connectivity index is 2.15. The number of aromatic nitrogens is 2. The van der Waals surface area contributed by atoms with Crippen LogP contribution in [-0.4, -0.2) is 46.9 Å². The van der Waals surface area contributed by atoms with Gasteiger partial charge in [0.1, 0.15) is 0 Å². The summed E-state index contributed by atoms with van der Waals surface area (Å²) in [6.45, 7) is 3.35. The molecule has 3 aromatic rings. The van der Waals surface area contributed by atoms with Gasteiger partial charge in [0.25, 0.3) is 5.45 Å². The number of ether oxygens (including phenoxy) is 2. The summed E-state index contributed by atoms with van der Waals surface area (Å²) in [4.78, 5) is 25.3. The van der Waals surface area contributed by atoms with E-state index in [0.717, 1.165) is 18.6 Å². The highest BCUT2D eigenvalue weighted by Gasteiger charge is 2.37. The van der Waals surface area contributed by atoms with Crippen molar-refractivity contribution in [3.8, 4) is 5.69 Å². The van der Waals surface area contributed by atoms with Crippen LogP contribution in [0.3, 0.4) is 0 Å². The van der Waals surface area contributed by atoms with Gasteiger partial charge in [-0.05, 0) is 49.6 Å². The first-order chi connectivity index (χ1) is 16.9. The van der Waals surface area contributed by atoms with Crippen LogP contribution in [0.2, 0.25) is 0 Å². The summed E-state index contributed by atoms with van der Waals surface area (Å²) in [6.07, 6.45) is 0. The Kier molecular flexibility index (Phi) is 9.07. The van der Waals surface area contributed by atoms with Crippen molar-refractivity contribution in [3.63, 3.8) is 0 Å². The number of hydrogen-bond donors (Lipinski definition) is 1. The number of rotatable bonds is 10. The van der Waals surface area contributed by atoms with Crippen molar-refractivity contribution in [2.45, 2.75) is 13.8 Å². The predicted molar refractivity (Wildman–Crippen MR) is 132 cm³/mol. The largest absolute Gasteiger partial charge is 0.461 e. The SMILES string of the molecule is CCOC(=O)C(=NNc1ccccc1)P(=O)(N=c1sn(-c2ccccc2)nc1C(=O)OCC)OC. The summed E-state index contributed by atoms with van der Waals surface area (Å²) in [6, 6.07) is 17.7. The molecule has 0 bridgehead atoms. The Bertz CT molecular complexity index is 1310. The lowest BCUT2D eigenvalue weighted by atomic mass is 10.3. The quantitative estimate of drug-likeness (QED) is 0.186. The van der Waals surface area contributed by atoms with Gasteiger partial charge in [0.15, 0.2) is 4.67 Å². The van der Waals surface area contributed by atoms with Gasteiger partial charge < -0.3 is 14.0 Å². The highest BCUT2D eigenvalue weighted by molar-refractivity contribution is 7.78. The first-order valence-corrected chi connectivity index (χ1v) is 12.9. The molecule has 0 radical (unpaired) electrons. The maximum Gasteiger partial charge on any atom is 0.373 e. The topological polar surface area (TPSA) is 133 Å². The molecule has 0 amide bonds. The summed E-state index contributed by atoms with van der Waals surface area (Å²) in [5, 5.41) is 8.27. The van der Waals surface area contributed by atoms with Gasteiger partial charge in [0, 0.05) is 7.11 Å². The van der Waals surface area contributed by atoms with E-state index in [1.165, 1.54) is 4.07 Å². The van der Waals surface area contributed by atoms with Gasteiger partial charge in [-0.3, -0.25) is 9.99 Å². The Hall–Kier alpha value is -3.60. The van der Waals surface area contributed by atoms with E-state index in [1.807, 2.05) is 6.07 Å². The number of carbonyl (C=O) groups excluding carboxylic acids is 2. The van der Waals surface area contributed by atoms with Gasteiger partial charge in [0.2, 0.25) is 5.69 Å². The highest BCUT2D eigenvalue weighted by atomic mass is 32.1. The molecule has 35 heavy (non-hydrogen) atoms. The van der Waals surface area contributed by atoms with Crippen LogP contribution < -0.4 is 10.1 Å². The lowest BCUT2D eigenvalue weighted by molar-refractivity contribution is -0.134. The number of esters is 2. The summed E-state index contributed by atoms with van der Waals surface area (Å²) in [5.41, 5.74) is 3.07. The van der Waals surface area contributed by atoms with E-state index in [4.69, 9.17) is 14.0 Å². The maximum absolute atomic E-state index is 13.8. The normalized spacial score (nSPS) is 13.7. The van der Waals surface area contributed by atoms with Gasteiger partial charge in [-0.1, -0.05) is 36.4 Å². The number of benzene rings is 2. The van der Waals surface area contributed by atoms with Crippen LogP contribution in [0.25, 0.3) is 5.69 Å². The van der Waals surface area contributed by atoms with E-state index in [0.29, 0.717) is 11.4 Å². The van der Waals surface area contributed by atoms with Crippen LogP contribution in [-0.2, 0) is 23.4 Å². The first-order valence-electron chi connectivity index (χ1n) is 10.5. The molecule has 184 valence electrons. The van der Waals surface area contributed by atoms with Gasteiger partial charge in [0.05, 0.1) is 24.6 Å². The van der Waals surface area contributed by atoms with E-state index < -0.39 is 24.9 Å². The molecule has 0 aliphatic heterocycles. The maximum atomic E-state index is 13.8. The summed E-state index contributed by atoms with van der Waals surface area (Å²) in [7, 11) is -3.21. The third kappa shape index (κ3) is 6.50. The van der Waals surface area contributed by atoms with E-state index >= 15 is 0 Å². The Morgan fingerprint density at radius 1 is 1.03 bits per heavy atom. The minimum absolute atomic E-state index is 0.00947. The predicted octanol–water partition coefficient (Wildman–Crippen LogP) is 3.84. The number of carbonyl (C=O) groups is 2. The van der Waals surface area contributed by atoms with Crippen molar-refractivity contribution in [2.75, 3.05) is 25.7 Å². The number of para-hydroxylation sites is 2. The number of hydrogen-bond acceptors (Lipinski definition) is 10. The van der Waals surface area contributed by atoms with Gasteiger partial charge in [-0.2, -0.15) is 13.9 Å². The third-order valence-corrected chi connectivity index (χ3v) is 7.11. The molecule has 0 saturated heterocycles. The fourth-order valence-corrected chi connectivity index (χ4v) is 5.03. The molecule has 13 heteroatoms. The van der Waals surface area contributed by atoms with Crippen molar-refractivity contribution >= 4 is 42.1 Å². The van der Waals surface area contributed by atoms with Gasteiger partial charge in [-0.15, -0.1) is 5.10 Å². The van der Waals surface area contributed by atoms with Crippen molar-refractivity contribution in [2.24, 2.45) is 9.86 Å². The molecule has 1 atom stereocenters. The minimum Gasteiger partial charge on any atom is -0.461 e. The molecule has 1 N–H and O–H groups in total. The van der Waals surface area contributed by atoms with Crippen molar-refractivity contribution < 1.29 is 28.2 Å². The van der Waals surface area contributed by atoms with Crippen molar-refractivity contribution in [1.29, 1.82) is 0 Å². The molecule has 0 aliphatic rings. The average Bonchev–Trinajstić information content (AvgIpc) is 3.29. The van der Waals surface area contributed by atoms with Crippen LogP contribution >= 0.6 is 19.1 Å². The van der Waals surface area contributed by atoms with E-state index in [-0.39, 0.29) is 23.6 Å². The Labute approximate surface area is 205 Å². The first kappa shape index (κ1) is 26.0. The van der Waals surface area contributed by atoms with Crippen LogP contribution in [0.15, 0.2) is 70.5 Å². The van der Waals surface area contributed by atoms with Crippen LogP contribution in [0.1, 0.15) is 24.3 Å². The van der Waals surface area contributed by atoms with Crippen LogP contribution in [0.5, 0.6) is 0 Å². The lowest BCUT2D eigenvalue weighted by Gasteiger charge is -2.13. The second kappa shape index (κ2) is 12.2. The fourth-order valence-electron chi connectivity index (χ4n) is 2.68. The zero-order valence-electron chi connectivity index (χ0n) is 19.3. The molecular formula is C22H24N5O6PS. The van der Waals surface area contributed by atoms with Crippen LogP contribution in [0, 0.1) is 0 Å². The lowest BCUT2D eigenvalue weighted by Crippen LogP contribution is -2.21. The molecular weight excluding hydrogens is 493 g/mol. The number of nitrogens with one attached hydrogen (secondary N) is 1. The second-order valence-corrected chi connectivity index (χ2v) is 9.56. The van der Waals surface area contributed by atoms with Gasteiger partial charge in [-0.25, -0.2) is 9.59 Å². The Morgan fingerprint density at radius 3 is 2.26 bits per heavy atom.